The van der Waals surface area contributed by atoms with E-state index in [-0.39, 0.29) is 23.1 Å². The van der Waals surface area contributed by atoms with Crippen molar-refractivity contribution in [2.24, 2.45) is 0 Å². The summed E-state index contributed by atoms with van der Waals surface area (Å²) in [5.74, 6) is -0.205. The number of nitrogens with zero attached hydrogens (tertiary/aromatic N) is 2. The topological polar surface area (TPSA) is 118 Å². The zero-order valence-electron chi connectivity index (χ0n) is 16.5. The summed E-state index contributed by atoms with van der Waals surface area (Å²) in [6.45, 7) is 4.67. The van der Waals surface area contributed by atoms with Crippen LogP contribution in [0.4, 0.5) is 11.5 Å². The highest BCUT2D eigenvalue weighted by Crippen LogP contribution is 2.35. The Labute approximate surface area is 169 Å². The highest BCUT2D eigenvalue weighted by atomic mass is 32.2. The Morgan fingerprint density at radius 1 is 1.31 bits per heavy atom. The predicted octanol–water partition coefficient (Wildman–Crippen LogP) is 1.68. The third kappa shape index (κ3) is 4.38. The van der Waals surface area contributed by atoms with Crippen molar-refractivity contribution in [3.63, 3.8) is 0 Å². The van der Waals surface area contributed by atoms with Crippen LogP contribution in [0.5, 0.6) is 5.75 Å². The largest absolute Gasteiger partial charge is 0.479 e. The Kier molecular flexibility index (Phi) is 5.58. The Morgan fingerprint density at radius 2 is 2.03 bits per heavy atom. The molecule has 0 radical (unpaired) electrons. The van der Waals surface area contributed by atoms with Crippen LogP contribution in [0.3, 0.4) is 0 Å². The van der Waals surface area contributed by atoms with Gasteiger partial charge in [-0.2, -0.15) is 4.31 Å². The molecule has 0 unspecified atom stereocenters. The maximum atomic E-state index is 13.0. The minimum atomic E-state index is -3.97. The lowest BCUT2D eigenvalue weighted by atomic mass is 10.1. The molecule has 1 aliphatic heterocycles. The van der Waals surface area contributed by atoms with Crippen LogP contribution >= 0.6 is 0 Å². The lowest BCUT2D eigenvalue weighted by Crippen LogP contribution is -2.36. The van der Waals surface area contributed by atoms with Gasteiger partial charge >= 0.3 is 0 Å². The third-order valence-electron chi connectivity index (χ3n) is 4.44. The lowest BCUT2D eigenvalue weighted by molar-refractivity contribution is -0.122. The SMILES string of the molecule is Cc1ccc(NC(=O)CN(C)S(=O)(=O)c2cc3c(cc2C)NC(=O)[C@@H](C)O3)nc1. The van der Waals surface area contributed by atoms with Crippen molar-refractivity contribution in [2.45, 2.75) is 31.8 Å². The van der Waals surface area contributed by atoms with Gasteiger partial charge < -0.3 is 15.4 Å². The highest BCUT2D eigenvalue weighted by Gasteiger charge is 2.30. The number of fused-ring (bicyclic) bond motifs is 1. The molecule has 29 heavy (non-hydrogen) atoms. The van der Waals surface area contributed by atoms with Crippen molar-refractivity contribution < 1.29 is 22.7 Å². The van der Waals surface area contributed by atoms with Gasteiger partial charge in [0.05, 0.1) is 17.1 Å². The fourth-order valence-electron chi connectivity index (χ4n) is 2.80. The van der Waals surface area contributed by atoms with Crippen molar-refractivity contribution in [1.82, 2.24) is 9.29 Å². The van der Waals surface area contributed by atoms with Crippen LogP contribution in [0.1, 0.15) is 18.1 Å². The molecule has 2 N–H and O–H groups in total. The molecule has 1 aromatic heterocycles. The number of benzene rings is 1. The second kappa shape index (κ2) is 7.80. The molecule has 0 saturated heterocycles. The van der Waals surface area contributed by atoms with Crippen molar-refractivity contribution in [2.75, 3.05) is 24.2 Å². The van der Waals surface area contributed by atoms with Gasteiger partial charge in [0.25, 0.3) is 5.91 Å². The smallest absolute Gasteiger partial charge is 0.265 e. The zero-order valence-corrected chi connectivity index (χ0v) is 17.3. The molecule has 2 amide bonds. The van der Waals surface area contributed by atoms with Crippen molar-refractivity contribution in [3.8, 4) is 5.75 Å². The third-order valence-corrected chi connectivity index (χ3v) is 6.39. The molecule has 10 heteroatoms. The Morgan fingerprint density at radius 3 is 2.69 bits per heavy atom. The van der Waals surface area contributed by atoms with Crippen LogP contribution in [-0.2, 0) is 19.6 Å². The average molecular weight is 418 g/mol. The number of carbonyl (C=O) groups excluding carboxylic acids is 2. The summed E-state index contributed by atoms with van der Waals surface area (Å²) in [7, 11) is -2.65. The molecule has 0 fully saturated rings. The van der Waals surface area contributed by atoms with E-state index in [1.807, 2.05) is 6.92 Å². The predicted molar refractivity (Wildman–Crippen MR) is 107 cm³/mol. The minimum Gasteiger partial charge on any atom is -0.479 e. The van der Waals surface area contributed by atoms with Gasteiger partial charge in [0.15, 0.2) is 6.10 Å². The molecular formula is C19H22N4O5S. The van der Waals surface area contributed by atoms with Crippen LogP contribution in [0.2, 0.25) is 0 Å². The van der Waals surface area contributed by atoms with E-state index in [1.54, 1.807) is 32.2 Å². The number of sulfonamides is 1. The van der Waals surface area contributed by atoms with Crippen molar-refractivity contribution >= 4 is 33.3 Å². The first-order valence-corrected chi connectivity index (χ1v) is 10.3. The number of likely N-dealkylation sites (N-methyl/N-ethyl adjacent to an activating group) is 1. The number of anilines is 2. The summed E-state index contributed by atoms with van der Waals surface area (Å²) in [6.07, 6.45) is 0.873. The summed E-state index contributed by atoms with van der Waals surface area (Å²) < 4.78 is 32.5. The van der Waals surface area contributed by atoms with E-state index in [1.165, 1.54) is 19.2 Å². The maximum Gasteiger partial charge on any atom is 0.265 e. The summed E-state index contributed by atoms with van der Waals surface area (Å²) >= 11 is 0. The lowest BCUT2D eigenvalue weighted by Gasteiger charge is -2.25. The molecule has 0 saturated carbocycles. The van der Waals surface area contributed by atoms with Crippen LogP contribution < -0.4 is 15.4 Å². The molecule has 0 bridgehead atoms. The van der Waals surface area contributed by atoms with E-state index >= 15 is 0 Å². The molecule has 1 aliphatic rings. The number of rotatable bonds is 5. The fraction of sp³-hybridized carbons (Fsp3) is 0.316. The van der Waals surface area contributed by atoms with Crippen LogP contribution in [0.15, 0.2) is 35.4 Å². The molecule has 154 valence electrons. The van der Waals surface area contributed by atoms with Crippen LogP contribution in [0, 0.1) is 13.8 Å². The van der Waals surface area contributed by atoms with E-state index in [0.717, 1.165) is 9.87 Å². The molecule has 3 rings (SSSR count). The summed E-state index contributed by atoms with van der Waals surface area (Å²) in [4.78, 5) is 28.1. The molecule has 1 atom stereocenters. The Balaban J connectivity index is 1.79. The van der Waals surface area contributed by atoms with Gasteiger partial charge in [0.2, 0.25) is 15.9 Å². The fourth-order valence-corrected chi connectivity index (χ4v) is 4.14. The van der Waals surface area contributed by atoms with Crippen LogP contribution in [0.25, 0.3) is 0 Å². The number of aromatic nitrogens is 1. The zero-order chi connectivity index (χ0) is 21.3. The van der Waals surface area contributed by atoms with E-state index in [4.69, 9.17) is 4.74 Å². The van der Waals surface area contributed by atoms with Gasteiger partial charge in [-0.25, -0.2) is 13.4 Å². The maximum absolute atomic E-state index is 13.0. The number of pyridine rings is 1. The van der Waals surface area contributed by atoms with E-state index in [0.29, 0.717) is 17.1 Å². The number of aryl methyl sites for hydroxylation is 2. The summed E-state index contributed by atoms with van der Waals surface area (Å²) in [6, 6.07) is 6.34. The Hall–Kier alpha value is -2.98. The van der Waals surface area contributed by atoms with Crippen molar-refractivity contribution in [3.05, 3.63) is 41.6 Å². The van der Waals surface area contributed by atoms with Gasteiger partial charge in [0, 0.05) is 19.3 Å². The van der Waals surface area contributed by atoms with Crippen LogP contribution in [-0.4, -0.2) is 49.2 Å². The highest BCUT2D eigenvalue weighted by molar-refractivity contribution is 7.89. The number of hydrogen-bond donors (Lipinski definition) is 2. The number of amides is 2. The van der Waals surface area contributed by atoms with Gasteiger partial charge in [-0.15, -0.1) is 0 Å². The quantitative estimate of drug-likeness (QED) is 0.763. The number of ether oxygens (including phenoxy) is 1. The second-order valence-electron chi connectivity index (χ2n) is 6.89. The molecule has 2 heterocycles. The number of carbonyl (C=O) groups is 2. The van der Waals surface area contributed by atoms with Gasteiger partial charge in [0.1, 0.15) is 11.6 Å². The molecule has 0 spiro atoms. The van der Waals surface area contributed by atoms with E-state index in [2.05, 4.69) is 15.6 Å². The first kappa shape index (κ1) is 20.7. The normalized spacial score (nSPS) is 16.0. The molecule has 0 aliphatic carbocycles. The number of nitrogens with one attached hydrogen (secondary N) is 2. The summed E-state index contributed by atoms with van der Waals surface area (Å²) in [5, 5.41) is 5.25. The first-order chi connectivity index (χ1) is 13.6. The molecular weight excluding hydrogens is 396 g/mol. The molecule has 1 aromatic carbocycles. The minimum absolute atomic E-state index is 0.00311. The average Bonchev–Trinajstić information content (AvgIpc) is 2.64. The second-order valence-corrected chi connectivity index (χ2v) is 8.91. The van der Waals surface area contributed by atoms with E-state index < -0.39 is 22.0 Å². The molecule has 9 nitrogen and oxygen atoms in total. The first-order valence-electron chi connectivity index (χ1n) is 8.89. The summed E-state index contributed by atoms with van der Waals surface area (Å²) in [5.41, 5.74) is 1.78. The van der Waals surface area contributed by atoms with Crippen molar-refractivity contribution in [1.29, 1.82) is 0 Å². The monoisotopic (exact) mass is 418 g/mol. The molecule has 2 aromatic rings. The van der Waals surface area contributed by atoms with Gasteiger partial charge in [-0.05, 0) is 44.0 Å². The Bertz CT molecular complexity index is 1070. The van der Waals surface area contributed by atoms with Gasteiger partial charge in [-0.3, -0.25) is 9.59 Å². The van der Waals surface area contributed by atoms with E-state index in [9.17, 15) is 18.0 Å². The van der Waals surface area contributed by atoms with Gasteiger partial charge in [-0.1, -0.05) is 6.07 Å². The standard InChI is InChI=1S/C19H22N4O5S/c1-11-5-6-17(20-9-11)22-18(24)10-23(4)29(26,27)16-8-15-14(7-12(16)2)21-19(25)13(3)28-15/h5-9,13H,10H2,1-4H3,(H,21,25)(H,20,22,24)/t13-/m1/s1. The number of hydrogen-bond acceptors (Lipinski definition) is 6.